The lowest BCUT2D eigenvalue weighted by Crippen LogP contribution is -2.30. The van der Waals surface area contributed by atoms with Crippen molar-refractivity contribution in [3.05, 3.63) is 52.8 Å². The van der Waals surface area contributed by atoms with Gasteiger partial charge in [-0.05, 0) is 35.9 Å². The number of carbonyl (C=O) groups excluding carboxylic acids is 2. The third-order valence-electron chi connectivity index (χ3n) is 3.79. The highest BCUT2D eigenvalue weighted by atomic mass is 35.5. The molecule has 0 aliphatic carbocycles. The summed E-state index contributed by atoms with van der Waals surface area (Å²) < 4.78 is 18.4. The van der Waals surface area contributed by atoms with E-state index in [1.807, 2.05) is 0 Å². The number of anilines is 2. The standard InChI is InChI=1S/C17H14ClFN2O3/c1-24-15-5-3-10(7-13(15)18)20-17(23)12-8-16(22)21-14-6-9(19)2-4-11(12)14/h2-7,12H,8H2,1H3,(H,20,23)(H,21,22). The SMILES string of the molecule is COc1ccc(NC(=O)C2CC(=O)Nc3cc(F)ccc32)cc1Cl. The number of methoxy groups -OCH3 is 1. The van der Waals surface area contributed by atoms with Crippen molar-refractivity contribution in [3.8, 4) is 5.75 Å². The van der Waals surface area contributed by atoms with Crippen LogP contribution in [0.4, 0.5) is 15.8 Å². The number of nitrogens with one attached hydrogen (secondary N) is 2. The van der Waals surface area contributed by atoms with Gasteiger partial charge in [-0.2, -0.15) is 0 Å². The molecule has 1 unspecified atom stereocenters. The summed E-state index contributed by atoms with van der Waals surface area (Å²) in [6, 6.07) is 8.83. The van der Waals surface area contributed by atoms with Gasteiger partial charge in [0.25, 0.3) is 0 Å². The average molecular weight is 349 g/mol. The molecule has 0 radical (unpaired) electrons. The Kier molecular flexibility index (Phi) is 4.40. The zero-order valence-electron chi connectivity index (χ0n) is 12.7. The molecule has 2 aromatic rings. The van der Waals surface area contributed by atoms with E-state index >= 15 is 0 Å². The van der Waals surface area contributed by atoms with Crippen molar-refractivity contribution in [2.24, 2.45) is 0 Å². The van der Waals surface area contributed by atoms with Crippen molar-refractivity contribution in [2.45, 2.75) is 12.3 Å². The molecule has 5 nitrogen and oxygen atoms in total. The first kappa shape index (κ1) is 16.3. The van der Waals surface area contributed by atoms with Gasteiger partial charge in [-0.1, -0.05) is 17.7 Å². The van der Waals surface area contributed by atoms with Crippen LogP contribution in [0.2, 0.25) is 5.02 Å². The first-order chi connectivity index (χ1) is 11.5. The summed E-state index contributed by atoms with van der Waals surface area (Å²) >= 11 is 6.04. The van der Waals surface area contributed by atoms with Crippen molar-refractivity contribution in [1.82, 2.24) is 0 Å². The maximum atomic E-state index is 13.3. The highest BCUT2D eigenvalue weighted by molar-refractivity contribution is 6.32. The second-order valence-electron chi connectivity index (χ2n) is 5.38. The van der Waals surface area contributed by atoms with E-state index in [4.69, 9.17) is 16.3 Å². The van der Waals surface area contributed by atoms with Crippen LogP contribution in [0.1, 0.15) is 17.9 Å². The lowest BCUT2D eigenvalue weighted by Gasteiger charge is -2.25. The third kappa shape index (κ3) is 3.19. The molecule has 24 heavy (non-hydrogen) atoms. The molecule has 0 aromatic heterocycles. The van der Waals surface area contributed by atoms with Crippen molar-refractivity contribution < 1.29 is 18.7 Å². The highest BCUT2D eigenvalue weighted by Gasteiger charge is 2.31. The van der Waals surface area contributed by atoms with Gasteiger partial charge in [0.2, 0.25) is 11.8 Å². The van der Waals surface area contributed by atoms with Gasteiger partial charge in [0.1, 0.15) is 11.6 Å². The Morgan fingerprint density at radius 2 is 2.12 bits per heavy atom. The minimum Gasteiger partial charge on any atom is -0.495 e. The molecule has 0 fully saturated rings. The minimum absolute atomic E-state index is 0.00560. The maximum absolute atomic E-state index is 13.3. The average Bonchev–Trinajstić information content (AvgIpc) is 2.53. The Balaban J connectivity index is 1.85. The molecule has 1 heterocycles. The number of benzene rings is 2. The first-order valence-corrected chi connectivity index (χ1v) is 7.59. The van der Waals surface area contributed by atoms with Crippen molar-refractivity contribution in [2.75, 3.05) is 17.7 Å². The first-order valence-electron chi connectivity index (χ1n) is 7.21. The molecule has 0 bridgehead atoms. The number of hydrogen-bond donors (Lipinski definition) is 2. The number of amides is 2. The Morgan fingerprint density at radius 1 is 1.33 bits per heavy atom. The zero-order valence-corrected chi connectivity index (χ0v) is 13.5. The Morgan fingerprint density at radius 3 is 2.83 bits per heavy atom. The summed E-state index contributed by atoms with van der Waals surface area (Å²) in [7, 11) is 1.50. The quantitative estimate of drug-likeness (QED) is 0.891. The van der Waals surface area contributed by atoms with Gasteiger partial charge in [0.05, 0.1) is 18.1 Å². The second kappa shape index (κ2) is 6.49. The zero-order chi connectivity index (χ0) is 17.3. The number of fused-ring (bicyclic) bond motifs is 1. The smallest absolute Gasteiger partial charge is 0.232 e. The van der Waals surface area contributed by atoms with Gasteiger partial charge in [-0.15, -0.1) is 0 Å². The van der Waals surface area contributed by atoms with Gasteiger partial charge in [0, 0.05) is 17.8 Å². The fourth-order valence-electron chi connectivity index (χ4n) is 2.64. The molecule has 0 saturated heterocycles. The summed E-state index contributed by atoms with van der Waals surface area (Å²) in [6.45, 7) is 0. The summed E-state index contributed by atoms with van der Waals surface area (Å²) in [5.74, 6) is -1.38. The van der Waals surface area contributed by atoms with E-state index < -0.39 is 11.7 Å². The fourth-order valence-corrected chi connectivity index (χ4v) is 2.90. The summed E-state index contributed by atoms with van der Waals surface area (Å²) in [5, 5.41) is 5.66. The van der Waals surface area contributed by atoms with E-state index in [0.29, 0.717) is 27.7 Å². The van der Waals surface area contributed by atoms with Crippen LogP contribution < -0.4 is 15.4 Å². The normalized spacial score (nSPS) is 16.1. The summed E-state index contributed by atoms with van der Waals surface area (Å²) in [6.07, 6.45) is -0.00560. The molecule has 1 aliphatic heterocycles. The number of halogens is 2. The van der Waals surface area contributed by atoms with Crippen LogP contribution in [0.25, 0.3) is 0 Å². The van der Waals surface area contributed by atoms with Crippen LogP contribution in [0, 0.1) is 5.82 Å². The number of hydrogen-bond acceptors (Lipinski definition) is 3. The lowest BCUT2D eigenvalue weighted by molar-refractivity contribution is -0.123. The number of ether oxygens (including phenoxy) is 1. The van der Waals surface area contributed by atoms with Crippen LogP contribution in [0.15, 0.2) is 36.4 Å². The van der Waals surface area contributed by atoms with Crippen molar-refractivity contribution >= 4 is 34.8 Å². The lowest BCUT2D eigenvalue weighted by atomic mass is 9.89. The second-order valence-corrected chi connectivity index (χ2v) is 5.78. The molecule has 2 N–H and O–H groups in total. The molecule has 1 aliphatic rings. The predicted octanol–water partition coefficient (Wildman–Crippen LogP) is 3.55. The Hall–Kier alpha value is -2.60. The number of rotatable bonds is 3. The molecule has 3 rings (SSSR count). The topological polar surface area (TPSA) is 67.4 Å². The fraction of sp³-hybridized carbons (Fsp3) is 0.176. The van der Waals surface area contributed by atoms with Crippen LogP contribution >= 0.6 is 11.6 Å². The predicted molar refractivity (Wildman–Crippen MR) is 89.0 cm³/mol. The van der Waals surface area contributed by atoms with Crippen LogP contribution in [-0.2, 0) is 9.59 Å². The molecular formula is C17H14ClFN2O3. The van der Waals surface area contributed by atoms with Gasteiger partial charge < -0.3 is 15.4 Å². The van der Waals surface area contributed by atoms with Gasteiger partial charge in [0.15, 0.2) is 0 Å². The van der Waals surface area contributed by atoms with E-state index in [2.05, 4.69) is 10.6 Å². The third-order valence-corrected chi connectivity index (χ3v) is 4.09. The van der Waals surface area contributed by atoms with Gasteiger partial charge >= 0.3 is 0 Å². The molecule has 7 heteroatoms. The largest absolute Gasteiger partial charge is 0.495 e. The van der Waals surface area contributed by atoms with E-state index in [-0.39, 0.29) is 18.2 Å². The Bertz CT molecular complexity index is 825. The van der Waals surface area contributed by atoms with Gasteiger partial charge in [-0.3, -0.25) is 9.59 Å². The molecule has 0 saturated carbocycles. The number of carbonyl (C=O) groups is 2. The van der Waals surface area contributed by atoms with Crippen LogP contribution in [-0.4, -0.2) is 18.9 Å². The van der Waals surface area contributed by atoms with E-state index in [1.54, 1.807) is 18.2 Å². The van der Waals surface area contributed by atoms with E-state index in [0.717, 1.165) is 0 Å². The van der Waals surface area contributed by atoms with Crippen LogP contribution in [0.5, 0.6) is 5.75 Å². The van der Waals surface area contributed by atoms with Crippen LogP contribution in [0.3, 0.4) is 0 Å². The van der Waals surface area contributed by atoms with E-state index in [9.17, 15) is 14.0 Å². The molecule has 124 valence electrons. The molecule has 2 amide bonds. The molecular weight excluding hydrogens is 335 g/mol. The maximum Gasteiger partial charge on any atom is 0.232 e. The summed E-state index contributed by atoms with van der Waals surface area (Å²) in [4.78, 5) is 24.4. The molecule has 0 spiro atoms. The highest BCUT2D eigenvalue weighted by Crippen LogP contribution is 2.34. The van der Waals surface area contributed by atoms with Crippen molar-refractivity contribution in [3.63, 3.8) is 0 Å². The summed E-state index contributed by atoms with van der Waals surface area (Å²) in [5.41, 5.74) is 1.38. The van der Waals surface area contributed by atoms with E-state index in [1.165, 1.54) is 25.3 Å². The Labute approximate surface area is 142 Å². The van der Waals surface area contributed by atoms with Gasteiger partial charge in [-0.25, -0.2) is 4.39 Å². The monoisotopic (exact) mass is 348 g/mol. The minimum atomic E-state index is -0.699. The molecule has 2 aromatic carbocycles. The molecule has 1 atom stereocenters. The van der Waals surface area contributed by atoms with Crippen molar-refractivity contribution in [1.29, 1.82) is 0 Å².